The summed E-state index contributed by atoms with van der Waals surface area (Å²) < 4.78 is 15.9. The molecule has 0 radical (unpaired) electrons. The number of non-ortho nitro benzene ring substituents is 1. The van der Waals surface area contributed by atoms with Crippen molar-refractivity contribution in [2.45, 2.75) is 0 Å². The molecule has 0 aliphatic rings. The minimum Gasteiger partial charge on any atom is -0.493 e. The molecular formula is C25H21N3O7. The monoisotopic (exact) mass is 475 g/mol. The van der Waals surface area contributed by atoms with E-state index in [4.69, 9.17) is 14.2 Å². The van der Waals surface area contributed by atoms with Gasteiger partial charge in [-0.05, 0) is 47.5 Å². The first-order valence-corrected chi connectivity index (χ1v) is 10.3. The predicted octanol–water partition coefficient (Wildman–Crippen LogP) is 3.75. The third kappa shape index (κ3) is 7.82. The zero-order valence-corrected chi connectivity index (χ0v) is 18.6. The number of amides is 1. The van der Waals surface area contributed by atoms with Gasteiger partial charge in [-0.2, -0.15) is 5.10 Å². The lowest BCUT2D eigenvalue weighted by atomic mass is 10.2. The summed E-state index contributed by atoms with van der Waals surface area (Å²) in [5.41, 5.74) is 3.68. The van der Waals surface area contributed by atoms with Crippen molar-refractivity contribution in [2.75, 3.05) is 13.7 Å². The Labute approximate surface area is 200 Å². The topological polar surface area (TPSA) is 129 Å². The molecule has 1 amide bonds. The molecule has 0 bridgehead atoms. The Morgan fingerprint density at radius 1 is 1.00 bits per heavy atom. The van der Waals surface area contributed by atoms with Crippen LogP contribution >= 0.6 is 0 Å². The van der Waals surface area contributed by atoms with E-state index in [-0.39, 0.29) is 18.0 Å². The fourth-order valence-electron chi connectivity index (χ4n) is 2.74. The quantitative estimate of drug-likeness (QED) is 0.118. The van der Waals surface area contributed by atoms with Crippen LogP contribution in [0.4, 0.5) is 5.69 Å². The fraction of sp³-hybridized carbons (Fsp3) is 0.0800. The number of rotatable bonds is 10. The van der Waals surface area contributed by atoms with Gasteiger partial charge >= 0.3 is 5.97 Å². The lowest BCUT2D eigenvalue weighted by Gasteiger charge is -2.08. The molecule has 0 heterocycles. The molecule has 3 aromatic carbocycles. The molecule has 0 saturated heterocycles. The summed E-state index contributed by atoms with van der Waals surface area (Å²) >= 11 is 0. The number of carbonyl (C=O) groups excluding carboxylic acids is 2. The smallest absolute Gasteiger partial charge is 0.336 e. The number of esters is 1. The molecule has 10 heteroatoms. The molecule has 0 aliphatic carbocycles. The number of nitrogens with zero attached hydrogens (tertiary/aromatic N) is 2. The van der Waals surface area contributed by atoms with Crippen molar-refractivity contribution in [2.24, 2.45) is 5.10 Å². The van der Waals surface area contributed by atoms with E-state index in [1.807, 2.05) is 30.3 Å². The highest BCUT2D eigenvalue weighted by molar-refractivity contribution is 5.89. The van der Waals surface area contributed by atoms with Gasteiger partial charge in [0.15, 0.2) is 18.1 Å². The molecule has 3 aromatic rings. The van der Waals surface area contributed by atoms with Crippen LogP contribution in [0, 0.1) is 10.1 Å². The highest BCUT2D eigenvalue weighted by Crippen LogP contribution is 2.28. The van der Waals surface area contributed by atoms with Crippen molar-refractivity contribution >= 4 is 29.9 Å². The molecular weight excluding hydrogens is 454 g/mol. The SMILES string of the molecule is COc1cc(C=NNC(=O)COc2ccc([N+](=O)[O-])cc2)ccc1OC(=O)C=Cc1ccccc1. The van der Waals surface area contributed by atoms with E-state index in [1.54, 1.807) is 24.3 Å². The summed E-state index contributed by atoms with van der Waals surface area (Å²) in [7, 11) is 1.44. The number of ether oxygens (including phenoxy) is 3. The van der Waals surface area contributed by atoms with Gasteiger partial charge in [-0.3, -0.25) is 14.9 Å². The first-order valence-electron chi connectivity index (χ1n) is 10.3. The highest BCUT2D eigenvalue weighted by Gasteiger charge is 2.09. The number of methoxy groups -OCH3 is 1. The van der Waals surface area contributed by atoms with E-state index in [0.717, 1.165) is 5.56 Å². The van der Waals surface area contributed by atoms with Gasteiger partial charge in [0, 0.05) is 18.2 Å². The Bertz CT molecular complexity index is 1240. The summed E-state index contributed by atoms with van der Waals surface area (Å²) in [5, 5.41) is 14.5. The van der Waals surface area contributed by atoms with Crippen molar-refractivity contribution in [3.05, 3.63) is 100 Å². The van der Waals surface area contributed by atoms with Gasteiger partial charge in [0.2, 0.25) is 0 Å². The van der Waals surface area contributed by atoms with E-state index in [1.165, 1.54) is 43.7 Å². The summed E-state index contributed by atoms with van der Waals surface area (Å²) in [6.07, 6.45) is 4.34. The molecule has 35 heavy (non-hydrogen) atoms. The highest BCUT2D eigenvalue weighted by atomic mass is 16.6. The minimum atomic E-state index is -0.561. The first kappa shape index (κ1) is 24.6. The fourth-order valence-corrected chi connectivity index (χ4v) is 2.74. The van der Waals surface area contributed by atoms with Crippen LogP contribution in [0.15, 0.2) is 84.0 Å². The molecule has 0 atom stereocenters. The number of nitrogens with one attached hydrogen (secondary N) is 1. The Balaban J connectivity index is 1.51. The van der Waals surface area contributed by atoms with E-state index in [9.17, 15) is 19.7 Å². The summed E-state index contributed by atoms with van der Waals surface area (Å²) in [6.45, 7) is -0.330. The Morgan fingerprint density at radius 3 is 2.43 bits per heavy atom. The zero-order valence-electron chi connectivity index (χ0n) is 18.6. The molecule has 3 rings (SSSR count). The molecule has 1 N–H and O–H groups in total. The molecule has 0 spiro atoms. The molecule has 0 saturated carbocycles. The van der Waals surface area contributed by atoms with Gasteiger partial charge in [0.05, 0.1) is 18.2 Å². The average molecular weight is 475 g/mol. The van der Waals surface area contributed by atoms with Crippen LogP contribution < -0.4 is 19.6 Å². The largest absolute Gasteiger partial charge is 0.493 e. The van der Waals surface area contributed by atoms with E-state index in [0.29, 0.717) is 17.1 Å². The van der Waals surface area contributed by atoms with Crippen LogP contribution in [0.2, 0.25) is 0 Å². The van der Waals surface area contributed by atoms with Crippen molar-refractivity contribution in [3.63, 3.8) is 0 Å². The van der Waals surface area contributed by atoms with E-state index >= 15 is 0 Å². The van der Waals surface area contributed by atoms with Crippen LogP contribution in [-0.2, 0) is 9.59 Å². The molecule has 0 aliphatic heterocycles. The maximum absolute atomic E-state index is 12.1. The summed E-state index contributed by atoms with van der Waals surface area (Å²) in [6, 6.07) is 19.4. The average Bonchev–Trinajstić information content (AvgIpc) is 2.88. The maximum atomic E-state index is 12.1. The Hall–Kier alpha value is -4.99. The predicted molar refractivity (Wildman–Crippen MR) is 128 cm³/mol. The second-order valence-corrected chi connectivity index (χ2v) is 6.91. The van der Waals surface area contributed by atoms with E-state index in [2.05, 4.69) is 10.5 Å². The van der Waals surface area contributed by atoms with E-state index < -0.39 is 16.8 Å². The second kappa shape index (κ2) is 12.3. The molecule has 10 nitrogen and oxygen atoms in total. The summed E-state index contributed by atoms with van der Waals surface area (Å²) in [5.74, 6) is -0.240. The van der Waals surface area contributed by atoms with Gasteiger partial charge < -0.3 is 14.2 Å². The van der Waals surface area contributed by atoms with Crippen LogP contribution in [0.1, 0.15) is 11.1 Å². The number of nitro groups is 1. The van der Waals surface area contributed by atoms with Gasteiger partial charge in [0.1, 0.15) is 5.75 Å². The second-order valence-electron chi connectivity index (χ2n) is 6.91. The van der Waals surface area contributed by atoms with Crippen LogP contribution in [-0.4, -0.2) is 36.7 Å². The van der Waals surface area contributed by atoms with Gasteiger partial charge in [-0.1, -0.05) is 30.3 Å². The molecule has 0 unspecified atom stereocenters. The number of hydrazone groups is 1. The third-order valence-corrected chi connectivity index (χ3v) is 4.43. The van der Waals surface area contributed by atoms with Gasteiger partial charge in [-0.25, -0.2) is 10.2 Å². The number of hydrogen-bond acceptors (Lipinski definition) is 8. The maximum Gasteiger partial charge on any atom is 0.336 e. The normalized spacial score (nSPS) is 10.8. The minimum absolute atomic E-state index is 0.0775. The summed E-state index contributed by atoms with van der Waals surface area (Å²) in [4.78, 5) is 34.1. The lowest BCUT2D eigenvalue weighted by Crippen LogP contribution is -2.24. The standard InChI is InChI=1S/C25H21N3O7/c1-33-23-15-19(7-13-22(23)35-25(30)14-8-18-5-3-2-4-6-18)16-26-27-24(29)17-34-21-11-9-20(10-12-21)28(31)32/h2-16H,17H2,1H3,(H,27,29). The van der Waals surface area contributed by atoms with Crippen LogP contribution in [0.5, 0.6) is 17.2 Å². The zero-order chi connectivity index (χ0) is 25.0. The number of nitro benzene ring substituents is 1. The van der Waals surface area contributed by atoms with Crippen LogP contribution in [0.3, 0.4) is 0 Å². The number of hydrogen-bond donors (Lipinski definition) is 1. The molecule has 178 valence electrons. The van der Waals surface area contributed by atoms with Gasteiger partial charge in [-0.15, -0.1) is 0 Å². The van der Waals surface area contributed by atoms with Gasteiger partial charge in [0.25, 0.3) is 11.6 Å². The third-order valence-electron chi connectivity index (χ3n) is 4.43. The van der Waals surface area contributed by atoms with Crippen molar-refractivity contribution < 1.29 is 28.7 Å². The first-order chi connectivity index (χ1) is 16.9. The lowest BCUT2D eigenvalue weighted by molar-refractivity contribution is -0.384. The van der Waals surface area contributed by atoms with Crippen molar-refractivity contribution in [1.82, 2.24) is 5.43 Å². The number of benzene rings is 3. The molecule has 0 fully saturated rings. The van der Waals surface area contributed by atoms with Crippen molar-refractivity contribution in [1.29, 1.82) is 0 Å². The van der Waals surface area contributed by atoms with Crippen LogP contribution in [0.25, 0.3) is 6.08 Å². The number of carbonyl (C=O) groups is 2. The van der Waals surface area contributed by atoms with Crippen molar-refractivity contribution in [3.8, 4) is 17.2 Å². The Morgan fingerprint density at radius 2 is 1.74 bits per heavy atom. The Kier molecular flexibility index (Phi) is 8.66. The molecule has 0 aromatic heterocycles.